The molecule has 2 aliphatic heterocycles. The van der Waals surface area contributed by atoms with Crippen molar-refractivity contribution in [2.24, 2.45) is 0 Å². The van der Waals surface area contributed by atoms with Crippen LogP contribution in [0.5, 0.6) is 0 Å². The van der Waals surface area contributed by atoms with E-state index in [1.54, 1.807) is 29.2 Å². The zero-order valence-corrected chi connectivity index (χ0v) is 17.3. The highest BCUT2D eigenvalue weighted by Gasteiger charge is 2.29. The predicted molar refractivity (Wildman–Crippen MR) is 110 cm³/mol. The zero-order chi connectivity index (χ0) is 19.7. The van der Waals surface area contributed by atoms with Gasteiger partial charge in [-0.2, -0.15) is 0 Å². The molecule has 0 atom stereocenters. The van der Waals surface area contributed by atoms with Crippen LogP contribution < -0.4 is 9.80 Å². The SMILES string of the molecule is CC[NH+]1CCN(c2nc(C)nc3c2CN(C(=O)c2ccc(Cl)cc2)CC3)CC1. The summed E-state index contributed by atoms with van der Waals surface area (Å²) in [6.07, 6.45) is 0.769. The van der Waals surface area contributed by atoms with Crippen LogP contribution >= 0.6 is 11.6 Å². The molecule has 0 aliphatic carbocycles. The summed E-state index contributed by atoms with van der Waals surface area (Å²) in [7, 11) is 0. The third kappa shape index (κ3) is 3.84. The normalized spacial score (nSPS) is 17.5. The Morgan fingerprint density at radius 1 is 1.14 bits per heavy atom. The van der Waals surface area contributed by atoms with E-state index in [2.05, 4.69) is 16.8 Å². The Morgan fingerprint density at radius 3 is 2.54 bits per heavy atom. The summed E-state index contributed by atoms with van der Waals surface area (Å²) in [5.74, 6) is 1.87. The lowest BCUT2D eigenvalue weighted by molar-refractivity contribution is -0.898. The number of rotatable bonds is 3. The number of piperazine rings is 1. The van der Waals surface area contributed by atoms with E-state index in [0.717, 1.165) is 62.0 Å². The summed E-state index contributed by atoms with van der Waals surface area (Å²) in [4.78, 5) is 28.4. The number of amides is 1. The van der Waals surface area contributed by atoms with Gasteiger partial charge in [-0.1, -0.05) is 11.6 Å². The van der Waals surface area contributed by atoms with Crippen molar-refractivity contribution in [3.8, 4) is 0 Å². The van der Waals surface area contributed by atoms with Gasteiger partial charge in [-0.15, -0.1) is 0 Å². The fourth-order valence-corrected chi connectivity index (χ4v) is 4.24. The van der Waals surface area contributed by atoms with Crippen LogP contribution in [-0.2, 0) is 13.0 Å². The molecule has 7 heteroatoms. The summed E-state index contributed by atoms with van der Waals surface area (Å²) in [6, 6.07) is 7.11. The lowest BCUT2D eigenvalue weighted by Gasteiger charge is -2.36. The van der Waals surface area contributed by atoms with Gasteiger partial charge in [0.05, 0.1) is 45.0 Å². The van der Waals surface area contributed by atoms with E-state index in [1.165, 1.54) is 0 Å². The predicted octanol–water partition coefficient (Wildman–Crippen LogP) is 1.36. The van der Waals surface area contributed by atoms with E-state index in [9.17, 15) is 4.79 Å². The molecule has 0 spiro atoms. The van der Waals surface area contributed by atoms with Gasteiger partial charge in [0.2, 0.25) is 0 Å². The Kier molecular flexibility index (Phi) is 5.51. The molecular formula is C21H27ClN5O+. The number of anilines is 1. The molecular weight excluding hydrogens is 374 g/mol. The van der Waals surface area contributed by atoms with Crippen molar-refractivity contribution in [2.75, 3.05) is 44.2 Å². The van der Waals surface area contributed by atoms with Gasteiger partial charge in [-0.05, 0) is 38.1 Å². The van der Waals surface area contributed by atoms with Gasteiger partial charge in [0.1, 0.15) is 11.6 Å². The number of likely N-dealkylation sites (N-methyl/N-ethyl adjacent to an activating group) is 1. The highest BCUT2D eigenvalue weighted by atomic mass is 35.5. The van der Waals surface area contributed by atoms with Crippen molar-refractivity contribution in [3.63, 3.8) is 0 Å². The molecule has 0 saturated carbocycles. The van der Waals surface area contributed by atoms with Crippen molar-refractivity contribution in [1.29, 1.82) is 0 Å². The van der Waals surface area contributed by atoms with Gasteiger partial charge in [-0.3, -0.25) is 4.79 Å². The molecule has 3 heterocycles. The quantitative estimate of drug-likeness (QED) is 0.845. The van der Waals surface area contributed by atoms with Crippen molar-refractivity contribution in [2.45, 2.75) is 26.8 Å². The van der Waals surface area contributed by atoms with Gasteiger partial charge in [0, 0.05) is 29.1 Å². The van der Waals surface area contributed by atoms with Gasteiger partial charge >= 0.3 is 0 Å². The minimum absolute atomic E-state index is 0.0362. The summed E-state index contributed by atoms with van der Waals surface area (Å²) in [6.45, 7) is 10.9. The highest BCUT2D eigenvalue weighted by Crippen LogP contribution is 2.28. The number of hydrogen-bond acceptors (Lipinski definition) is 4. The second kappa shape index (κ2) is 8.05. The van der Waals surface area contributed by atoms with Crippen LogP contribution in [0.4, 0.5) is 5.82 Å². The number of aryl methyl sites for hydroxylation is 1. The molecule has 1 aromatic heterocycles. The maximum Gasteiger partial charge on any atom is 0.254 e. The number of hydrogen-bond donors (Lipinski definition) is 1. The number of aromatic nitrogens is 2. The highest BCUT2D eigenvalue weighted by molar-refractivity contribution is 6.30. The lowest BCUT2D eigenvalue weighted by atomic mass is 10.0. The first kappa shape index (κ1) is 19.2. The number of nitrogens with zero attached hydrogens (tertiary/aromatic N) is 4. The molecule has 148 valence electrons. The number of quaternary nitrogens is 1. The standard InChI is InChI=1S/C21H26ClN5O/c1-3-25-10-12-26(13-11-25)20-18-14-27(9-8-19(18)23-15(2)24-20)21(28)16-4-6-17(22)7-5-16/h4-7H,3,8-14H2,1-2H3/p+1. The van der Waals surface area contributed by atoms with Crippen LogP contribution in [0.25, 0.3) is 0 Å². The van der Waals surface area contributed by atoms with Crippen LogP contribution in [0.1, 0.15) is 34.4 Å². The lowest BCUT2D eigenvalue weighted by Crippen LogP contribution is -3.14. The number of fused-ring (bicyclic) bond motifs is 1. The number of nitrogens with one attached hydrogen (secondary N) is 1. The third-order valence-corrected chi connectivity index (χ3v) is 6.05. The number of carbonyl (C=O) groups excluding carboxylic acids is 1. The average Bonchev–Trinajstić information content (AvgIpc) is 2.73. The monoisotopic (exact) mass is 400 g/mol. The number of benzene rings is 1. The van der Waals surface area contributed by atoms with Gasteiger partial charge < -0.3 is 14.7 Å². The molecule has 0 radical (unpaired) electrons. The first-order valence-electron chi connectivity index (χ1n) is 10.0. The van der Waals surface area contributed by atoms with E-state index in [1.807, 2.05) is 11.8 Å². The fourth-order valence-electron chi connectivity index (χ4n) is 4.12. The van der Waals surface area contributed by atoms with Crippen LogP contribution in [0.2, 0.25) is 5.02 Å². The molecule has 1 N–H and O–H groups in total. The molecule has 0 unspecified atom stereocenters. The van der Waals surface area contributed by atoms with E-state index in [4.69, 9.17) is 16.6 Å². The van der Waals surface area contributed by atoms with Crippen molar-refractivity contribution >= 4 is 23.3 Å². The van der Waals surface area contributed by atoms with Crippen LogP contribution in [-0.4, -0.2) is 60.0 Å². The minimum Gasteiger partial charge on any atom is -0.345 e. The largest absolute Gasteiger partial charge is 0.345 e. The fraction of sp³-hybridized carbons (Fsp3) is 0.476. The average molecular weight is 401 g/mol. The smallest absolute Gasteiger partial charge is 0.254 e. The Bertz CT molecular complexity index is 862. The van der Waals surface area contributed by atoms with Crippen molar-refractivity contribution < 1.29 is 9.69 Å². The van der Waals surface area contributed by atoms with Gasteiger partial charge in [0.15, 0.2) is 0 Å². The molecule has 1 fully saturated rings. The second-order valence-corrected chi connectivity index (χ2v) is 8.03. The molecule has 1 amide bonds. The Balaban J connectivity index is 1.58. The van der Waals surface area contributed by atoms with Crippen LogP contribution in [0.3, 0.4) is 0 Å². The molecule has 2 aliphatic rings. The minimum atomic E-state index is 0.0362. The van der Waals surface area contributed by atoms with E-state index in [0.29, 0.717) is 23.7 Å². The molecule has 6 nitrogen and oxygen atoms in total. The molecule has 28 heavy (non-hydrogen) atoms. The Hall–Kier alpha value is -2.18. The maximum absolute atomic E-state index is 13.0. The molecule has 1 saturated heterocycles. The summed E-state index contributed by atoms with van der Waals surface area (Å²) < 4.78 is 0. The topological polar surface area (TPSA) is 53.8 Å². The summed E-state index contributed by atoms with van der Waals surface area (Å²) in [5.41, 5.74) is 2.87. The number of carbonyl (C=O) groups is 1. The van der Waals surface area contributed by atoms with Crippen LogP contribution in [0, 0.1) is 6.92 Å². The summed E-state index contributed by atoms with van der Waals surface area (Å²) >= 11 is 5.96. The van der Waals surface area contributed by atoms with E-state index >= 15 is 0 Å². The maximum atomic E-state index is 13.0. The molecule has 2 aromatic rings. The molecule has 4 rings (SSSR count). The van der Waals surface area contributed by atoms with Crippen molar-refractivity contribution in [1.82, 2.24) is 14.9 Å². The first-order chi connectivity index (χ1) is 13.5. The van der Waals surface area contributed by atoms with Gasteiger partial charge in [-0.25, -0.2) is 9.97 Å². The van der Waals surface area contributed by atoms with E-state index in [-0.39, 0.29) is 5.91 Å². The summed E-state index contributed by atoms with van der Waals surface area (Å²) in [5, 5.41) is 0.639. The Morgan fingerprint density at radius 2 is 1.86 bits per heavy atom. The molecule has 0 bridgehead atoms. The van der Waals surface area contributed by atoms with Crippen molar-refractivity contribution in [3.05, 3.63) is 51.9 Å². The van der Waals surface area contributed by atoms with Gasteiger partial charge in [0.25, 0.3) is 5.91 Å². The zero-order valence-electron chi connectivity index (χ0n) is 16.5. The Labute approximate surface area is 171 Å². The van der Waals surface area contributed by atoms with Crippen LogP contribution in [0.15, 0.2) is 24.3 Å². The number of halogens is 1. The second-order valence-electron chi connectivity index (χ2n) is 7.59. The molecule has 1 aromatic carbocycles. The van der Waals surface area contributed by atoms with E-state index < -0.39 is 0 Å². The first-order valence-corrected chi connectivity index (χ1v) is 10.4. The third-order valence-electron chi connectivity index (χ3n) is 5.80.